The minimum atomic E-state index is -0.167. The van der Waals surface area contributed by atoms with Crippen molar-refractivity contribution in [1.82, 2.24) is 10.2 Å². The summed E-state index contributed by atoms with van der Waals surface area (Å²) in [6.45, 7) is 9.50. The van der Waals surface area contributed by atoms with Crippen molar-refractivity contribution in [2.45, 2.75) is 92.2 Å². The van der Waals surface area contributed by atoms with Crippen LogP contribution in [-0.4, -0.2) is 63.3 Å². The molecule has 0 spiro atoms. The number of hydrogen-bond acceptors (Lipinski definition) is 8. The van der Waals surface area contributed by atoms with Crippen LogP contribution >= 0.6 is 0 Å². The van der Waals surface area contributed by atoms with Crippen LogP contribution in [0.15, 0.2) is 0 Å². The van der Waals surface area contributed by atoms with E-state index in [1.165, 1.54) is 32.6 Å². The van der Waals surface area contributed by atoms with E-state index in [4.69, 9.17) is 13.5 Å². The smallest absolute Gasteiger partial charge is 0.218 e. The molecule has 0 saturated carbocycles. The van der Waals surface area contributed by atoms with E-state index in [0.29, 0.717) is 0 Å². The lowest BCUT2D eigenvalue weighted by Crippen LogP contribution is -2.17. The largest absolute Gasteiger partial charge is 0.394 e. The van der Waals surface area contributed by atoms with E-state index in [9.17, 15) is 14.4 Å². The van der Waals surface area contributed by atoms with Crippen molar-refractivity contribution in [1.29, 1.82) is 0 Å². The highest BCUT2D eigenvalue weighted by molar-refractivity contribution is 7.44. The van der Waals surface area contributed by atoms with E-state index in [-0.39, 0.29) is 68.3 Å². The number of aliphatic hydroxyl groups excluding tert-OH is 1. The number of carbonyl (C=O) groups excluding carboxylic acids is 3. The molecular weight excluding hydrogens is 416 g/mol. The molecule has 0 rings (SSSR count). The maximum atomic E-state index is 10.1. The lowest BCUT2D eigenvalue weighted by molar-refractivity contribution is -0.126. The lowest BCUT2D eigenvalue weighted by atomic mass is 10.5. The molecule has 10 heteroatoms. The third-order valence-electron chi connectivity index (χ3n) is 0.982. The molecule has 2 amide bonds. The minimum absolute atomic E-state index is 0. The van der Waals surface area contributed by atoms with E-state index < -0.39 is 0 Å². The molecule has 29 heavy (non-hydrogen) atoms. The summed E-state index contributed by atoms with van der Waals surface area (Å²) in [6, 6.07) is 0. The second kappa shape index (κ2) is 81.8. The van der Waals surface area contributed by atoms with Crippen molar-refractivity contribution in [3.8, 4) is 0 Å². The molecule has 0 aliphatic heterocycles. The zero-order chi connectivity index (χ0) is 20.6. The van der Waals surface area contributed by atoms with Crippen LogP contribution in [0.25, 0.3) is 0 Å². The molecule has 0 radical (unpaired) electrons. The quantitative estimate of drug-likeness (QED) is 0.545. The fourth-order valence-electron chi connectivity index (χ4n) is 0. The molecule has 0 bridgehead atoms. The molecule has 0 atom stereocenters. The SMILES string of the molecule is C.C.C.C.C.C.CC(=O)N(C)C.CC(C)=O.CC(C)O.CNC(C)=O.O=S.O=S. The zero-order valence-electron chi connectivity index (χ0n) is 15.3. The van der Waals surface area contributed by atoms with E-state index in [2.05, 4.69) is 30.4 Å². The minimum Gasteiger partial charge on any atom is -0.394 e. The fourth-order valence-corrected chi connectivity index (χ4v) is 0. The van der Waals surface area contributed by atoms with Crippen molar-refractivity contribution in [2.75, 3.05) is 21.1 Å². The van der Waals surface area contributed by atoms with Gasteiger partial charge in [0.25, 0.3) is 0 Å². The van der Waals surface area contributed by atoms with Gasteiger partial charge in [-0.05, 0) is 27.7 Å². The van der Waals surface area contributed by atoms with Gasteiger partial charge in [-0.15, -0.1) is 0 Å². The highest BCUT2D eigenvalue weighted by Gasteiger charge is 1.87. The Morgan fingerprint density at radius 2 is 0.828 bits per heavy atom. The number of aliphatic hydroxyl groups is 1. The molecule has 0 aromatic heterocycles. The third-order valence-corrected chi connectivity index (χ3v) is 0.982. The van der Waals surface area contributed by atoms with E-state index >= 15 is 0 Å². The Labute approximate surface area is 194 Å². The van der Waals surface area contributed by atoms with E-state index in [0.717, 1.165) is 0 Å². The fraction of sp³-hybridized carbons (Fsp3) is 0.842. The Morgan fingerprint density at radius 1 is 0.759 bits per heavy atom. The number of rotatable bonds is 0. The molecular formula is C19H54N2O6S2. The summed E-state index contributed by atoms with van der Waals surface area (Å²) < 4.78 is 15.7. The standard InChI is InChI=1S/C4H9NO.C3H7NO.C3H8O.C3H6O.6CH4.2OS/c1-4(6)5(2)3;1-3(5)4-2;2*1-3(2)4;;;;;;;2*1-2/h1-3H3;1-2H3,(H,4,5);3-4H,1-2H3;1-2H3;6*1H4;;. The Kier molecular flexibility index (Phi) is 226. The van der Waals surface area contributed by atoms with Crippen LogP contribution in [0.4, 0.5) is 0 Å². The van der Waals surface area contributed by atoms with Crippen molar-refractivity contribution in [2.24, 2.45) is 0 Å². The Balaban J connectivity index is -0.0000000119. The topological polar surface area (TPSA) is 121 Å². The van der Waals surface area contributed by atoms with Crippen LogP contribution in [0.2, 0.25) is 0 Å². The monoisotopic (exact) mass is 470 g/mol. The number of nitrogens with zero attached hydrogens (tertiary/aromatic N) is 1. The van der Waals surface area contributed by atoms with Crippen LogP contribution in [0.1, 0.15) is 86.1 Å². The Morgan fingerprint density at radius 3 is 0.828 bits per heavy atom. The summed E-state index contributed by atoms with van der Waals surface area (Å²) >= 11 is 5.67. The Bertz CT molecular complexity index is 273. The molecule has 188 valence electrons. The van der Waals surface area contributed by atoms with Gasteiger partial charge in [-0.3, -0.25) is 9.59 Å². The first kappa shape index (κ1) is 80.2. The predicted molar refractivity (Wildman–Crippen MR) is 134 cm³/mol. The molecule has 0 saturated heterocycles. The number of amides is 2. The van der Waals surface area contributed by atoms with Gasteiger partial charge in [0.05, 0.1) is 0 Å². The number of Topliss-reactive ketones (excluding diaryl/α,β-unsaturated/α-hetero) is 1. The van der Waals surface area contributed by atoms with Gasteiger partial charge in [0.2, 0.25) is 11.8 Å². The molecule has 0 aliphatic rings. The lowest BCUT2D eigenvalue weighted by Gasteiger charge is -2.02. The van der Waals surface area contributed by atoms with E-state index in [1.54, 1.807) is 35.0 Å². The summed E-state index contributed by atoms with van der Waals surface area (Å²) in [5, 5.41) is 10.4. The van der Waals surface area contributed by atoms with E-state index in [1.807, 2.05) is 0 Å². The molecule has 0 heterocycles. The molecule has 0 unspecified atom stereocenters. The van der Waals surface area contributed by atoms with Gasteiger partial charge < -0.3 is 20.1 Å². The number of nitrogens with one attached hydrogen (secondary N) is 1. The predicted octanol–water partition coefficient (Wildman–Crippen LogP) is 3.97. The summed E-state index contributed by atoms with van der Waals surface area (Å²) in [6.07, 6.45) is -0.167. The van der Waals surface area contributed by atoms with Crippen molar-refractivity contribution < 1.29 is 27.9 Å². The van der Waals surface area contributed by atoms with Crippen molar-refractivity contribution in [3.05, 3.63) is 0 Å². The van der Waals surface area contributed by atoms with Gasteiger partial charge in [-0.25, -0.2) is 0 Å². The average molecular weight is 471 g/mol. The van der Waals surface area contributed by atoms with Gasteiger partial charge in [0.15, 0.2) is 25.1 Å². The van der Waals surface area contributed by atoms with Crippen molar-refractivity contribution >= 4 is 42.7 Å². The molecule has 2 N–H and O–H groups in total. The summed E-state index contributed by atoms with van der Waals surface area (Å²) in [7, 11) is 5.05. The second-order valence-electron chi connectivity index (χ2n) is 4.22. The highest BCUT2D eigenvalue weighted by Crippen LogP contribution is 1.69. The van der Waals surface area contributed by atoms with Crippen LogP contribution in [0.5, 0.6) is 0 Å². The summed E-state index contributed by atoms with van der Waals surface area (Å²) in [5.74, 6) is 0.264. The van der Waals surface area contributed by atoms with Crippen LogP contribution in [0, 0.1) is 0 Å². The summed E-state index contributed by atoms with van der Waals surface area (Å²) in [5.41, 5.74) is 0. The second-order valence-corrected chi connectivity index (χ2v) is 4.22. The van der Waals surface area contributed by atoms with Gasteiger partial charge in [-0.1, -0.05) is 44.6 Å². The van der Waals surface area contributed by atoms with Crippen molar-refractivity contribution in [3.63, 3.8) is 0 Å². The maximum Gasteiger partial charge on any atom is 0.218 e. The van der Waals surface area contributed by atoms with Crippen LogP contribution in [0.3, 0.4) is 0 Å². The summed E-state index contributed by atoms with van der Waals surface area (Å²) in [4.78, 5) is 30.7. The molecule has 0 aromatic rings. The van der Waals surface area contributed by atoms with Gasteiger partial charge in [0, 0.05) is 41.1 Å². The number of carbonyl (C=O) groups is 3. The van der Waals surface area contributed by atoms with Gasteiger partial charge >= 0.3 is 0 Å². The third kappa shape index (κ3) is 758. The number of hydrogen-bond donors (Lipinski definition) is 2. The maximum absolute atomic E-state index is 10.1. The normalized spacial score (nSPS) is 5.21. The zero-order valence-corrected chi connectivity index (χ0v) is 17.0. The van der Waals surface area contributed by atoms with Gasteiger partial charge in [-0.2, -0.15) is 8.42 Å². The first-order chi connectivity index (χ1) is 10.4. The first-order valence-corrected chi connectivity index (χ1v) is 6.89. The van der Waals surface area contributed by atoms with Gasteiger partial charge in [0.1, 0.15) is 5.78 Å². The highest BCUT2D eigenvalue weighted by atomic mass is 32.1. The van der Waals surface area contributed by atoms with Crippen LogP contribution in [-0.2, 0) is 39.5 Å². The first-order valence-electron chi connectivity index (χ1n) is 6.23. The average Bonchev–Trinajstić information content (AvgIpc) is 2.42. The molecule has 0 fully saturated rings. The van der Waals surface area contributed by atoms with Crippen LogP contribution < -0.4 is 5.32 Å². The Hall–Kier alpha value is -1.39. The molecule has 0 aliphatic carbocycles. The molecule has 0 aromatic carbocycles. The number of ketones is 1. The molecule has 8 nitrogen and oxygen atoms in total.